The zero-order valence-electron chi connectivity index (χ0n) is 13.9. The van der Waals surface area contributed by atoms with E-state index in [1.807, 2.05) is 24.3 Å². The first-order valence-corrected chi connectivity index (χ1v) is 8.81. The number of likely N-dealkylation sites (tertiary alicyclic amines) is 1. The zero-order chi connectivity index (χ0) is 17.4. The molecule has 1 aromatic carbocycles. The maximum absolute atomic E-state index is 12.9. The Kier molecular flexibility index (Phi) is 4.17. The van der Waals surface area contributed by atoms with Gasteiger partial charge in [0.1, 0.15) is 0 Å². The molecule has 25 heavy (non-hydrogen) atoms. The molecule has 0 radical (unpaired) electrons. The van der Waals surface area contributed by atoms with E-state index in [9.17, 15) is 14.7 Å². The summed E-state index contributed by atoms with van der Waals surface area (Å²) in [7, 11) is 0. The number of hydrogen-bond donors (Lipinski definition) is 3. The molecule has 132 valence electrons. The number of hydrogen-bond acceptors (Lipinski definition) is 4. The van der Waals surface area contributed by atoms with Crippen molar-refractivity contribution in [2.75, 3.05) is 19.7 Å². The normalized spacial score (nSPS) is 23.6. The highest BCUT2D eigenvalue weighted by atomic mass is 16.3. The Morgan fingerprint density at radius 2 is 2.08 bits per heavy atom. The number of benzene rings is 1. The lowest BCUT2D eigenvalue weighted by molar-refractivity contribution is -0.123. The number of H-pyrrole nitrogens is 1. The third-order valence-electron chi connectivity index (χ3n) is 5.23. The van der Waals surface area contributed by atoms with Gasteiger partial charge in [0, 0.05) is 36.9 Å². The van der Waals surface area contributed by atoms with Gasteiger partial charge in [-0.3, -0.25) is 14.7 Å². The van der Waals surface area contributed by atoms with Crippen molar-refractivity contribution >= 4 is 22.7 Å². The van der Waals surface area contributed by atoms with Gasteiger partial charge in [0.05, 0.1) is 11.6 Å². The lowest BCUT2D eigenvalue weighted by atomic mass is 9.91. The number of aliphatic hydroxyl groups excluding tert-OH is 1. The topological polar surface area (TPSA) is 98.3 Å². The standard InChI is InChI=1S/C18H22N4O3/c23-10-12-7-8-22(9-15(12)19-17(24)11-5-6-11)18(25)16-13-3-1-2-4-14(13)20-21-16/h1-4,11-12,15,23H,5-10H2,(H,19,24)(H,20,21)/t12-,15-/m1/s1. The molecule has 3 N–H and O–H groups in total. The molecule has 2 aromatic rings. The summed E-state index contributed by atoms with van der Waals surface area (Å²) in [6.07, 6.45) is 2.54. The summed E-state index contributed by atoms with van der Waals surface area (Å²) in [4.78, 5) is 26.7. The number of nitrogens with one attached hydrogen (secondary N) is 2. The highest BCUT2D eigenvalue weighted by molar-refractivity contribution is 6.04. The van der Waals surface area contributed by atoms with Gasteiger partial charge < -0.3 is 15.3 Å². The summed E-state index contributed by atoms with van der Waals surface area (Å²) in [6, 6.07) is 7.33. The SMILES string of the molecule is O=C(N[C@@H]1CN(C(=O)c2n[nH]c3ccccc23)CC[C@@H]1CO)C1CC1. The molecule has 1 saturated heterocycles. The second kappa shape index (κ2) is 6.48. The first-order chi connectivity index (χ1) is 12.2. The van der Waals surface area contributed by atoms with Crippen molar-refractivity contribution in [3.05, 3.63) is 30.0 Å². The number of carbonyl (C=O) groups is 2. The van der Waals surface area contributed by atoms with Crippen molar-refractivity contribution in [3.8, 4) is 0 Å². The van der Waals surface area contributed by atoms with Crippen LogP contribution in [0, 0.1) is 11.8 Å². The van der Waals surface area contributed by atoms with Crippen LogP contribution >= 0.6 is 0 Å². The van der Waals surface area contributed by atoms with Crippen LogP contribution in [0.1, 0.15) is 29.8 Å². The third kappa shape index (κ3) is 3.11. The van der Waals surface area contributed by atoms with Gasteiger partial charge in [-0.2, -0.15) is 5.10 Å². The molecule has 4 rings (SSSR count). The van der Waals surface area contributed by atoms with Crippen LogP contribution in [0.4, 0.5) is 0 Å². The summed E-state index contributed by atoms with van der Waals surface area (Å²) in [5.41, 5.74) is 1.24. The van der Waals surface area contributed by atoms with Gasteiger partial charge in [-0.1, -0.05) is 18.2 Å². The summed E-state index contributed by atoms with van der Waals surface area (Å²) >= 11 is 0. The van der Waals surface area contributed by atoms with Gasteiger partial charge in [-0.25, -0.2) is 0 Å². The number of carbonyl (C=O) groups excluding carboxylic acids is 2. The van der Waals surface area contributed by atoms with E-state index in [-0.39, 0.29) is 36.3 Å². The molecule has 1 aliphatic heterocycles. The van der Waals surface area contributed by atoms with Crippen LogP contribution in [0.25, 0.3) is 10.9 Å². The van der Waals surface area contributed by atoms with Crippen molar-refractivity contribution in [1.82, 2.24) is 20.4 Å². The van der Waals surface area contributed by atoms with Crippen LogP contribution in [-0.4, -0.2) is 57.8 Å². The van der Waals surface area contributed by atoms with Crippen molar-refractivity contribution in [1.29, 1.82) is 0 Å². The predicted molar refractivity (Wildman–Crippen MR) is 91.8 cm³/mol. The summed E-state index contributed by atoms with van der Waals surface area (Å²) in [5, 5.41) is 20.5. The van der Waals surface area contributed by atoms with E-state index in [0.29, 0.717) is 25.2 Å². The highest BCUT2D eigenvalue weighted by Crippen LogP contribution is 2.30. The Hall–Kier alpha value is -2.41. The van der Waals surface area contributed by atoms with Crippen LogP contribution in [-0.2, 0) is 4.79 Å². The maximum atomic E-state index is 12.9. The molecule has 7 heteroatoms. The van der Waals surface area contributed by atoms with E-state index in [4.69, 9.17) is 0 Å². The van der Waals surface area contributed by atoms with E-state index >= 15 is 0 Å². The molecule has 1 aliphatic carbocycles. The summed E-state index contributed by atoms with van der Waals surface area (Å²) < 4.78 is 0. The number of aliphatic hydroxyl groups is 1. The fourth-order valence-corrected chi connectivity index (χ4v) is 3.49. The number of piperidine rings is 1. The third-order valence-corrected chi connectivity index (χ3v) is 5.23. The smallest absolute Gasteiger partial charge is 0.275 e. The van der Waals surface area contributed by atoms with Gasteiger partial charge in [0.2, 0.25) is 5.91 Å². The second-order valence-electron chi connectivity index (χ2n) is 6.99. The fourth-order valence-electron chi connectivity index (χ4n) is 3.49. The number of amides is 2. The van der Waals surface area contributed by atoms with Gasteiger partial charge in [-0.05, 0) is 25.3 Å². The average molecular weight is 342 g/mol. The number of fused-ring (bicyclic) bond motifs is 1. The quantitative estimate of drug-likeness (QED) is 0.769. The molecule has 2 amide bonds. The predicted octanol–water partition coefficient (Wildman–Crippen LogP) is 0.912. The molecule has 2 heterocycles. The molecular formula is C18H22N4O3. The van der Waals surface area contributed by atoms with Crippen molar-refractivity contribution in [3.63, 3.8) is 0 Å². The monoisotopic (exact) mass is 342 g/mol. The minimum Gasteiger partial charge on any atom is -0.396 e. The zero-order valence-corrected chi connectivity index (χ0v) is 13.9. The van der Waals surface area contributed by atoms with E-state index in [1.54, 1.807) is 4.90 Å². The lowest BCUT2D eigenvalue weighted by Crippen LogP contribution is -2.55. The number of aromatic nitrogens is 2. The van der Waals surface area contributed by atoms with Crippen molar-refractivity contribution < 1.29 is 14.7 Å². The Morgan fingerprint density at radius 1 is 1.28 bits per heavy atom. The maximum Gasteiger partial charge on any atom is 0.275 e. The van der Waals surface area contributed by atoms with Crippen molar-refractivity contribution in [2.45, 2.75) is 25.3 Å². The van der Waals surface area contributed by atoms with Crippen LogP contribution in [0.3, 0.4) is 0 Å². The Balaban J connectivity index is 1.51. The molecule has 2 atom stereocenters. The Labute approximate surface area is 145 Å². The molecule has 1 saturated carbocycles. The van der Waals surface area contributed by atoms with Gasteiger partial charge >= 0.3 is 0 Å². The summed E-state index contributed by atoms with van der Waals surface area (Å²) in [6.45, 7) is 0.980. The van der Waals surface area contributed by atoms with Crippen LogP contribution in [0.15, 0.2) is 24.3 Å². The van der Waals surface area contributed by atoms with Gasteiger partial charge in [0.25, 0.3) is 5.91 Å². The molecule has 2 fully saturated rings. The van der Waals surface area contributed by atoms with Crippen LogP contribution < -0.4 is 5.32 Å². The number of rotatable bonds is 4. The van der Waals surface area contributed by atoms with Gasteiger partial charge in [0.15, 0.2) is 5.69 Å². The van der Waals surface area contributed by atoms with E-state index < -0.39 is 0 Å². The second-order valence-corrected chi connectivity index (χ2v) is 6.99. The van der Waals surface area contributed by atoms with E-state index in [2.05, 4.69) is 15.5 Å². The first kappa shape index (κ1) is 16.1. The van der Waals surface area contributed by atoms with E-state index in [0.717, 1.165) is 23.7 Å². The molecule has 7 nitrogen and oxygen atoms in total. The minimum atomic E-state index is -0.207. The largest absolute Gasteiger partial charge is 0.396 e. The number of para-hydroxylation sites is 1. The Bertz CT molecular complexity index is 798. The molecule has 0 spiro atoms. The van der Waals surface area contributed by atoms with E-state index in [1.165, 1.54) is 0 Å². The minimum absolute atomic E-state index is 0.0114. The molecular weight excluding hydrogens is 320 g/mol. The average Bonchev–Trinajstić information content (AvgIpc) is 3.40. The fraction of sp³-hybridized carbons (Fsp3) is 0.500. The molecule has 2 aliphatic rings. The summed E-state index contributed by atoms with van der Waals surface area (Å²) in [5.74, 6) is 0.00543. The number of aromatic amines is 1. The number of nitrogens with zero attached hydrogens (tertiary/aromatic N) is 2. The molecule has 1 aromatic heterocycles. The van der Waals surface area contributed by atoms with Crippen LogP contribution in [0.2, 0.25) is 0 Å². The molecule has 0 unspecified atom stereocenters. The van der Waals surface area contributed by atoms with Crippen molar-refractivity contribution in [2.24, 2.45) is 11.8 Å². The van der Waals surface area contributed by atoms with Crippen LogP contribution in [0.5, 0.6) is 0 Å². The Morgan fingerprint density at radius 3 is 2.84 bits per heavy atom. The van der Waals surface area contributed by atoms with Gasteiger partial charge in [-0.15, -0.1) is 0 Å². The highest BCUT2D eigenvalue weighted by Gasteiger charge is 2.37. The molecule has 0 bridgehead atoms. The first-order valence-electron chi connectivity index (χ1n) is 8.81. The lowest BCUT2D eigenvalue weighted by Gasteiger charge is -2.38.